The van der Waals surface area contributed by atoms with E-state index in [1.165, 1.54) is 24.9 Å². The first-order valence-electron chi connectivity index (χ1n) is 9.71. The molecule has 0 amide bonds. The van der Waals surface area contributed by atoms with Crippen LogP contribution in [0.25, 0.3) is 11.1 Å². The first kappa shape index (κ1) is 18.2. The van der Waals surface area contributed by atoms with Gasteiger partial charge in [-0.3, -0.25) is 14.6 Å². The number of pyridine rings is 2. The third-order valence-electron chi connectivity index (χ3n) is 5.24. The van der Waals surface area contributed by atoms with Crippen LogP contribution in [0.1, 0.15) is 35.2 Å². The Morgan fingerprint density at radius 1 is 0.964 bits per heavy atom. The van der Waals surface area contributed by atoms with E-state index in [-0.39, 0.29) is 23.3 Å². The van der Waals surface area contributed by atoms with E-state index in [0.717, 1.165) is 29.8 Å². The Labute approximate surface area is 164 Å². The van der Waals surface area contributed by atoms with Crippen LogP contribution >= 0.6 is 0 Å². The van der Waals surface area contributed by atoms with Crippen molar-refractivity contribution in [2.45, 2.75) is 25.7 Å². The SMILES string of the molecule is O=C(Cc1ccc(N2CCCCC2)cc1)c1cc(-c2ccncc2)c[nH]c1=O. The number of nitrogens with zero attached hydrogens (tertiary/aromatic N) is 2. The Bertz CT molecular complexity index is 1000. The standard InChI is InChI=1S/C23H23N3O2/c27-22(14-17-4-6-20(7-5-17)26-12-2-1-3-13-26)21-15-19(16-25-23(21)28)18-8-10-24-11-9-18/h4-11,15-16H,1-3,12-14H2,(H,25,28). The van der Waals surface area contributed by atoms with Gasteiger partial charge in [0, 0.05) is 43.8 Å². The van der Waals surface area contributed by atoms with Crippen molar-refractivity contribution in [3.05, 3.63) is 82.5 Å². The highest BCUT2D eigenvalue weighted by atomic mass is 16.1. The van der Waals surface area contributed by atoms with Gasteiger partial charge in [-0.15, -0.1) is 0 Å². The lowest BCUT2D eigenvalue weighted by molar-refractivity contribution is 0.0991. The molecule has 1 aliphatic heterocycles. The fourth-order valence-electron chi connectivity index (χ4n) is 3.66. The van der Waals surface area contributed by atoms with Gasteiger partial charge in [-0.2, -0.15) is 0 Å². The van der Waals surface area contributed by atoms with Crippen LogP contribution in [0.5, 0.6) is 0 Å². The minimum Gasteiger partial charge on any atom is -0.372 e. The van der Waals surface area contributed by atoms with Crippen LogP contribution in [0.2, 0.25) is 0 Å². The molecule has 5 nitrogen and oxygen atoms in total. The van der Waals surface area contributed by atoms with Gasteiger partial charge in [-0.25, -0.2) is 0 Å². The number of nitrogens with one attached hydrogen (secondary N) is 1. The van der Waals surface area contributed by atoms with Crippen LogP contribution < -0.4 is 10.5 Å². The Hall–Kier alpha value is -3.21. The van der Waals surface area contributed by atoms with Gasteiger partial charge in [-0.05, 0) is 66.3 Å². The molecule has 1 fully saturated rings. The number of hydrogen-bond acceptors (Lipinski definition) is 4. The third kappa shape index (κ3) is 4.03. The second-order valence-electron chi connectivity index (χ2n) is 7.18. The molecule has 3 heterocycles. The average Bonchev–Trinajstić information content (AvgIpc) is 2.76. The Kier molecular flexibility index (Phi) is 5.33. The van der Waals surface area contributed by atoms with E-state index < -0.39 is 0 Å². The van der Waals surface area contributed by atoms with E-state index in [4.69, 9.17) is 0 Å². The number of H-pyrrole nitrogens is 1. The highest BCUT2D eigenvalue weighted by molar-refractivity contribution is 5.98. The molecule has 2 aromatic heterocycles. The molecule has 0 radical (unpaired) electrons. The zero-order valence-electron chi connectivity index (χ0n) is 15.7. The van der Waals surface area contributed by atoms with Gasteiger partial charge in [0.2, 0.25) is 0 Å². The highest BCUT2D eigenvalue weighted by Crippen LogP contribution is 2.21. The maximum atomic E-state index is 12.8. The number of carbonyl (C=O) groups excluding carboxylic acids is 1. The van der Waals surface area contributed by atoms with E-state index in [2.05, 4.69) is 27.0 Å². The monoisotopic (exact) mass is 373 g/mol. The summed E-state index contributed by atoms with van der Waals surface area (Å²) in [7, 11) is 0. The molecule has 4 rings (SSSR count). The summed E-state index contributed by atoms with van der Waals surface area (Å²) >= 11 is 0. The van der Waals surface area contributed by atoms with Gasteiger partial charge >= 0.3 is 0 Å². The van der Waals surface area contributed by atoms with E-state index in [1.54, 1.807) is 24.7 Å². The molecule has 0 unspecified atom stereocenters. The van der Waals surface area contributed by atoms with Crippen molar-refractivity contribution < 1.29 is 4.79 Å². The van der Waals surface area contributed by atoms with Gasteiger partial charge in [0.1, 0.15) is 0 Å². The average molecular weight is 373 g/mol. The molecule has 1 N–H and O–H groups in total. The number of benzene rings is 1. The van der Waals surface area contributed by atoms with Crippen molar-refractivity contribution in [2.75, 3.05) is 18.0 Å². The van der Waals surface area contributed by atoms with Crippen LogP contribution in [0, 0.1) is 0 Å². The second-order valence-corrected chi connectivity index (χ2v) is 7.18. The first-order chi connectivity index (χ1) is 13.7. The third-order valence-corrected chi connectivity index (χ3v) is 5.24. The summed E-state index contributed by atoms with van der Waals surface area (Å²) in [5.41, 5.74) is 3.66. The van der Waals surface area contributed by atoms with Gasteiger partial charge in [0.15, 0.2) is 5.78 Å². The molecule has 1 aliphatic rings. The van der Waals surface area contributed by atoms with Gasteiger partial charge in [0.25, 0.3) is 5.56 Å². The molecule has 1 saturated heterocycles. The molecule has 0 aliphatic carbocycles. The molecule has 28 heavy (non-hydrogen) atoms. The molecule has 0 bridgehead atoms. The van der Waals surface area contributed by atoms with Crippen LogP contribution in [0.4, 0.5) is 5.69 Å². The minimum atomic E-state index is -0.354. The lowest BCUT2D eigenvalue weighted by Gasteiger charge is -2.28. The predicted molar refractivity (Wildman–Crippen MR) is 111 cm³/mol. The molecular formula is C23H23N3O2. The molecular weight excluding hydrogens is 350 g/mol. The number of ketones is 1. The topological polar surface area (TPSA) is 66.1 Å². The summed E-state index contributed by atoms with van der Waals surface area (Å²) in [4.78, 5) is 34.0. The lowest BCUT2D eigenvalue weighted by Crippen LogP contribution is -2.29. The summed E-state index contributed by atoms with van der Waals surface area (Å²) in [5.74, 6) is -0.178. The van der Waals surface area contributed by atoms with Crippen LogP contribution in [-0.4, -0.2) is 28.8 Å². The zero-order valence-corrected chi connectivity index (χ0v) is 15.7. The Morgan fingerprint density at radius 3 is 2.39 bits per heavy atom. The number of hydrogen-bond donors (Lipinski definition) is 1. The van der Waals surface area contributed by atoms with E-state index >= 15 is 0 Å². The summed E-state index contributed by atoms with van der Waals surface area (Å²) in [5, 5.41) is 0. The van der Waals surface area contributed by atoms with E-state index in [1.807, 2.05) is 24.3 Å². The molecule has 0 saturated carbocycles. The van der Waals surface area contributed by atoms with Crippen LogP contribution in [0.15, 0.2) is 65.8 Å². The summed E-state index contributed by atoms with van der Waals surface area (Å²) in [6.07, 6.45) is 8.98. The van der Waals surface area contributed by atoms with Gasteiger partial charge in [-0.1, -0.05) is 12.1 Å². The Morgan fingerprint density at radius 2 is 1.68 bits per heavy atom. The van der Waals surface area contributed by atoms with Gasteiger partial charge < -0.3 is 9.88 Å². The predicted octanol–water partition coefficient (Wildman–Crippen LogP) is 3.85. The normalized spacial score (nSPS) is 14.1. The van der Waals surface area contributed by atoms with Crippen molar-refractivity contribution in [1.29, 1.82) is 0 Å². The van der Waals surface area contributed by atoms with Crippen molar-refractivity contribution in [2.24, 2.45) is 0 Å². The molecule has 5 heteroatoms. The molecule has 142 valence electrons. The number of anilines is 1. The summed E-state index contributed by atoms with van der Waals surface area (Å²) in [6, 6.07) is 13.5. The number of Topliss-reactive ketones (excluding diaryl/α,β-unsaturated/α-hetero) is 1. The minimum absolute atomic E-state index is 0.178. The number of aromatic amines is 1. The molecule has 1 aromatic carbocycles. The number of piperidine rings is 1. The summed E-state index contributed by atoms with van der Waals surface area (Å²) < 4.78 is 0. The largest absolute Gasteiger partial charge is 0.372 e. The zero-order chi connectivity index (χ0) is 19.3. The summed E-state index contributed by atoms with van der Waals surface area (Å²) in [6.45, 7) is 2.19. The maximum Gasteiger partial charge on any atom is 0.258 e. The van der Waals surface area contributed by atoms with Gasteiger partial charge in [0.05, 0.1) is 5.56 Å². The van der Waals surface area contributed by atoms with Crippen molar-refractivity contribution >= 4 is 11.5 Å². The number of rotatable bonds is 5. The van der Waals surface area contributed by atoms with Crippen LogP contribution in [-0.2, 0) is 6.42 Å². The highest BCUT2D eigenvalue weighted by Gasteiger charge is 2.14. The van der Waals surface area contributed by atoms with E-state index in [9.17, 15) is 9.59 Å². The fraction of sp³-hybridized carbons (Fsp3) is 0.261. The number of aromatic nitrogens is 2. The maximum absolute atomic E-state index is 12.8. The first-order valence-corrected chi connectivity index (χ1v) is 9.71. The van der Waals surface area contributed by atoms with Crippen molar-refractivity contribution in [3.8, 4) is 11.1 Å². The number of carbonyl (C=O) groups is 1. The second kappa shape index (κ2) is 8.21. The molecule has 3 aromatic rings. The fourth-order valence-corrected chi connectivity index (χ4v) is 3.66. The van der Waals surface area contributed by atoms with Crippen molar-refractivity contribution in [1.82, 2.24) is 9.97 Å². The van der Waals surface area contributed by atoms with Crippen molar-refractivity contribution in [3.63, 3.8) is 0 Å². The lowest BCUT2D eigenvalue weighted by atomic mass is 10.0. The smallest absolute Gasteiger partial charge is 0.258 e. The molecule has 0 atom stereocenters. The Balaban J connectivity index is 1.51. The molecule has 0 spiro atoms. The van der Waals surface area contributed by atoms with E-state index in [0.29, 0.717) is 0 Å². The van der Waals surface area contributed by atoms with Crippen LogP contribution in [0.3, 0.4) is 0 Å². The quantitative estimate of drug-likeness (QED) is 0.690.